The lowest BCUT2D eigenvalue weighted by Gasteiger charge is -2.28. The van der Waals surface area contributed by atoms with Gasteiger partial charge in [0.15, 0.2) is 5.54 Å². The molecule has 1 saturated carbocycles. The SMILES string of the molecule is C#Cc1cnc2c(Cl)cc(N[C@H](C3=CN(C4(C(F)(F)F)CC4)NN3)c3ccnn3C)cc2c1NCC(C)(C)C. The Kier molecular flexibility index (Phi) is 6.59. The predicted octanol–water partition coefficient (Wildman–Crippen LogP) is 5.48. The Morgan fingerprint density at radius 2 is 2.00 bits per heavy atom. The first kappa shape index (κ1) is 27.0. The van der Waals surface area contributed by atoms with E-state index in [9.17, 15) is 13.2 Å². The van der Waals surface area contributed by atoms with E-state index in [1.54, 1.807) is 36.3 Å². The summed E-state index contributed by atoms with van der Waals surface area (Å²) in [5.74, 6) is 2.69. The van der Waals surface area contributed by atoms with Crippen LogP contribution >= 0.6 is 11.6 Å². The third-order valence-electron chi connectivity index (χ3n) is 6.95. The minimum Gasteiger partial charge on any atom is -0.383 e. The van der Waals surface area contributed by atoms with Crippen molar-refractivity contribution in [3.8, 4) is 12.3 Å². The van der Waals surface area contributed by atoms with Crippen LogP contribution in [0.15, 0.2) is 42.5 Å². The molecule has 206 valence electrons. The van der Waals surface area contributed by atoms with Crippen LogP contribution in [0.25, 0.3) is 10.9 Å². The van der Waals surface area contributed by atoms with Crippen LogP contribution in [-0.2, 0) is 7.05 Å². The van der Waals surface area contributed by atoms with Crippen LogP contribution in [0.3, 0.4) is 0 Å². The summed E-state index contributed by atoms with van der Waals surface area (Å²) in [7, 11) is 1.77. The molecule has 4 N–H and O–H groups in total. The average Bonchev–Trinajstić information content (AvgIpc) is 3.35. The standard InChI is InChI=1S/C27H30ClF3N8/c1-6-16-13-32-23-18(22(16)33-15-25(2,3)4)11-17(12-19(23)28)35-24(21-7-10-34-38(21)5)20-14-39(37-36-20)26(8-9-26)27(29,30)31/h1,7,10-14,24,35-37H,8-9,15H2,2-5H3,(H,32,33)/t24-/m1/s1. The number of halogens is 4. The monoisotopic (exact) mass is 558 g/mol. The largest absolute Gasteiger partial charge is 0.413 e. The zero-order valence-corrected chi connectivity index (χ0v) is 22.8. The summed E-state index contributed by atoms with van der Waals surface area (Å²) < 4.78 is 43.0. The van der Waals surface area contributed by atoms with Gasteiger partial charge in [-0.15, -0.1) is 12.0 Å². The molecule has 0 amide bonds. The van der Waals surface area contributed by atoms with E-state index < -0.39 is 17.8 Å². The number of nitrogens with zero attached hydrogens (tertiary/aromatic N) is 4. The van der Waals surface area contributed by atoms with Crippen LogP contribution < -0.4 is 21.6 Å². The van der Waals surface area contributed by atoms with Crippen molar-refractivity contribution in [2.75, 3.05) is 17.2 Å². The zero-order chi connectivity index (χ0) is 28.2. The van der Waals surface area contributed by atoms with Gasteiger partial charge in [-0.25, -0.2) is 0 Å². The summed E-state index contributed by atoms with van der Waals surface area (Å²) >= 11 is 6.69. The maximum atomic E-state index is 13.8. The Labute approximate surface area is 229 Å². The normalized spacial score (nSPS) is 17.4. The minimum absolute atomic E-state index is 0.0133. The van der Waals surface area contributed by atoms with Crippen LogP contribution in [0, 0.1) is 17.8 Å². The lowest BCUT2D eigenvalue weighted by atomic mass is 9.96. The maximum absolute atomic E-state index is 13.8. The summed E-state index contributed by atoms with van der Waals surface area (Å²) in [6.45, 7) is 7.00. The fourth-order valence-corrected chi connectivity index (χ4v) is 4.89. The molecule has 12 heteroatoms. The smallest absolute Gasteiger partial charge is 0.383 e. The van der Waals surface area contributed by atoms with Crippen LogP contribution in [-0.4, -0.2) is 38.0 Å². The highest BCUT2D eigenvalue weighted by molar-refractivity contribution is 6.35. The molecular formula is C27H30ClF3N8. The van der Waals surface area contributed by atoms with E-state index in [2.05, 4.69) is 58.4 Å². The number of terminal acetylenes is 1. The molecule has 3 heterocycles. The maximum Gasteiger partial charge on any atom is 0.413 e. The summed E-state index contributed by atoms with van der Waals surface area (Å²) in [6.07, 6.45) is 6.18. The van der Waals surface area contributed by atoms with E-state index in [1.165, 1.54) is 6.20 Å². The number of alkyl halides is 3. The van der Waals surface area contributed by atoms with Gasteiger partial charge in [0.25, 0.3) is 0 Å². The van der Waals surface area contributed by atoms with Crippen molar-refractivity contribution >= 4 is 33.9 Å². The molecule has 0 bridgehead atoms. The van der Waals surface area contributed by atoms with E-state index in [4.69, 9.17) is 18.0 Å². The third-order valence-corrected chi connectivity index (χ3v) is 7.24. The number of aryl methyl sites for hydroxylation is 1. The predicted molar refractivity (Wildman–Crippen MR) is 146 cm³/mol. The fourth-order valence-electron chi connectivity index (χ4n) is 4.63. The number of hydrogen-bond donors (Lipinski definition) is 4. The molecular weight excluding hydrogens is 529 g/mol. The summed E-state index contributed by atoms with van der Waals surface area (Å²) in [4.78, 5) is 4.48. The first-order valence-electron chi connectivity index (χ1n) is 12.5. The average molecular weight is 559 g/mol. The molecule has 0 radical (unpaired) electrons. The molecule has 1 atom stereocenters. The molecule has 39 heavy (non-hydrogen) atoms. The van der Waals surface area contributed by atoms with Gasteiger partial charge in [0, 0.05) is 43.3 Å². The molecule has 2 aliphatic rings. The van der Waals surface area contributed by atoms with Gasteiger partial charge in [-0.2, -0.15) is 18.3 Å². The Bertz CT molecular complexity index is 1480. The van der Waals surface area contributed by atoms with Gasteiger partial charge >= 0.3 is 6.18 Å². The molecule has 0 spiro atoms. The molecule has 1 fully saturated rings. The lowest BCUT2D eigenvalue weighted by molar-refractivity contribution is -0.195. The molecule has 5 rings (SSSR count). The van der Waals surface area contributed by atoms with Gasteiger partial charge in [-0.1, -0.05) is 38.3 Å². The van der Waals surface area contributed by atoms with Crippen molar-refractivity contribution in [1.82, 2.24) is 30.7 Å². The van der Waals surface area contributed by atoms with Gasteiger partial charge in [-0.05, 0) is 36.5 Å². The molecule has 1 aliphatic carbocycles. The summed E-state index contributed by atoms with van der Waals surface area (Å²) in [5.41, 5.74) is 7.47. The Balaban J connectivity index is 1.55. The first-order valence-corrected chi connectivity index (χ1v) is 12.9. The second kappa shape index (κ2) is 9.54. The van der Waals surface area contributed by atoms with Crippen molar-refractivity contribution in [1.29, 1.82) is 0 Å². The van der Waals surface area contributed by atoms with Gasteiger partial charge in [-0.3, -0.25) is 14.7 Å². The first-order chi connectivity index (χ1) is 18.3. The van der Waals surface area contributed by atoms with Gasteiger partial charge < -0.3 is 16.1 Å². The van der Waals surface area contributed by atoms with E-state index in [0.29, 0.717) is 34.0 Å². The number of nitrogens with one attached hydrogen (secondary N) is 4. The topological polar surface area (TPSA) is 82.1 Å². The van der Waals surface area contributed by atoms with Crippen molar-refractivity contribution < 1.29 is 13.2 Å². The number of fused-ring (bicyclic) bond motifs is 1. The van der Waals surface area contributed by atoms with Crippen molar-refractivity contribution in [3.63, 3.8) is 0 Å². The van der Waals surface area contributed by atoms with Crippen LogP contribution in [0.2, 0.25) is 5.02 Å². The molecule has 0 saturated heterocycles. The number of anilines is 2. The van der Waals surface area contributed by atoms with Gasteiger partial charge in [0.2, 0.25) is 0 Å². The van der Waals surface area contributed by atoms with E-state index in [0.717, 1.165) is 21.8 Å². The number of hydrazine groups is 2. The quantitative estimate of drug-likeness (QED) is 0.286. The summed E-state index contributed by atoms with van der Waals surface area (Å²) in [6, 6.07) is 4.85. The Morgan fingerprint density at radius 3 is 2.59 bits per heavy atom. The third kappa shape index (κ3) is 5.06. The van der Waals surface area contributed by atoms with E-state index in [1.807, 2.05) is 6.07 Å². The number of pyridine rings is 1. The van der Waals surface area contributed by atoms with E-state index in [-0.39, 0.29) is 18.3 Å². The molecule has 0 unspecified atom stereocenters. The number of aromatic nitrogens is 3. The highest BCUT2D eigenvalue weighted by Gasteiger charge is 2.67. The second-order valence-electron chi connectivity index (χ2n) is 11.1. The lowest BCUT2D eigenvalue weighted by Crippen LogP contribution is -2.52. The summed E-state index contributed by atoms with van der Waals surface area (Å²) in [5, 5.41) is 13.4. The number of rotatable bonds is 7. The zero-order valence-electron chi connectivity index (χ0n) is 22.0. The molecule has 1 aromatic carbocycles. The number of hydrogen-bond acceptors (Lipinski definition) is 7. The van der Waals surface area contributed by atoms with Crippen molar-refractivity contribution in [3.05, 3.63) is 58.8 Å². The fraction of sp³-hybridized carbons (Fsp3) is 0.407. The van der Waals surface area contributed by atoms with Crippen molar-refractivity contribution in [2.45, 2.75) is 51.4 Å². The van der Waals surface area contributed by atoms with Crippen molar-refractivity contribution in [2.24, 2.45) is 12.5 Å². The minimum atomic E-state index is -4.37. The van der Waals surface area contributed by atoms with Crippen LogP contribution in [0.4, 0.5) is 24.5 Å². The van der Waals surface area contributed by atoms with Gasteiger partial charge in [0.05, 0.1) is 33.2 Å². The van der Waals surface area contributed by atoms with E-state index >= 15 is 0 Å². The number of benzene rings is 1. The second-order valence-corrected chi connectivity index (χ2v) is 11.5. The molecule has 3 aromatic rings. The Hall–Kier alpha value is -3.62. The molecule has 2 aromatic heterocycles. The Morgan fingerprint density at radius 1 is 1.26 bits per heavy atom. The highest BCUT2D eigenvalue weighted by Crippen LogP contribution is 2.53. The highest BCUT2D eigenvalue weighted by atomic mass is 35.5. The molecule has 1 aliphatic heterocycles. The van der Waals surface area contributed by atoms with Crippen LogP contribution in [0.1, 0.15) is 50.9 Å². The van der Waals surface area contributed by atoms with Gasteiger partial charge in [0.1, 0.15) is 6.04 Å². The molecule has 8 nitrogen and oxygen atoms in total. The van der Waals surface area contributed by atoms with Crippen LogP contribution in [0.5, 0.6) is 0 Å².